The Morgan fingerprint density at radius 2 is 1.82 bits per heavy atom. The van der Waals surface area contributed by atoms with Crippen molar-refractivity contribution >= 4 is 40.3 Å². The van der Waals surface area contributed by atoms with Crippen LogP contribution < -0.4 is 5.32 Å². The molecular formula is C16H11F3INO. The fourth-order valence-electron chi connectivity index (χ4n) is 1.73. The van der Waals surface area contributed by atoms with Crippen molar-refractivity contribution in [1.82, 2.24) is 0 Å². The second-order valence-electron chi connectivity index (χ2n) is 4.43. The molecule has 114 valence electrons. The summed E-state index contributed by atoms with van der Waals surface area (Å²) in [5.41, 5.74) is 0.224. The van der Waals surface area contributed by atoms with Crippen LogP contribution in [0.4, 0.5) is 18.9 Å². The van der Waals surface area contributed by atoms with Crippen LogP contribution in [-0.2, 0) is 11.0 Å². The molecule has 2 aromatic carbocycles. The van der Waals surface area contributed by atoms with E-state index in [2.05, 4.69) is 27.9 Å². The molecule has 2 nitrogen and oxygen atoms in total. The Labute approximate surface area is 139 Å². The van der Waals surface area contributed by atoms with Crippen LogP contribution in [0.1, 0.15) is 11.1 Å². The Morgan fingerprint density at radius 3 is 2.50 bits per heavy atom. The third-order valence-electron chi connectivity index (χ3n) is 2.77. The van der Waals surface area contributed by atoms with E-state index >= 15 is 0 Å². The summed E-state index contributed by atoms with van der Waals surface area (Å²) in [6.45, 7) is 0. The molecule has 0 radical (unpaired) electrons. The van der Waals surface area contributed by atoms with Gasteiger partial charge in [-0.25, -0.2) is 0 Å². The third kappa shape index (κ3) is 4.59. The minimum absolute atomic E-state index is 0.313. The van der Waals surface area contributed by atoms with Crippen molar-refractivity contribution in [1.29, 1.82) is 0 Å². The smallest absolute Gasteiger partial charge is 0.322 e. The first-order chi connectivity index (χ1) is 10.4. The number of carbonyl (C=O) groups excluding carboxylic acids is 1. The number of rotatable bonds is 3. The lowest BCUT2D eigenvalue weighted by molar-refractivity contribution is -0.137. The van der Waals surface area contributed by atoms with Gasteiger partial charge in [0.25, 0.3) is 0 Å². The topological polar surface area (TPSA) is 29.1 Å². The van der Waals surface area contributed by atoms with Crippen LogP contribution in [0.5, 0.6) is 0 Å². The van der Waals surface area contributed by atoms with Crippen molar-refractivity contribution in [3.8, 4) is 0 Å². The van der Waals surface area contributed by atoms with Crippen molar-refractivity contribution in [2.24, 2.45) is 0 Å². The molecule has 0 unspecified atom stereocenters. The molecule has 0 saturated heterocycles. The van der Waals surface area contributed by atoms with E-state index < -0.39 is 17.6 Å². The van der Waals surface area contributed by atoms with E-state index in [4.69, 9.17) is 0 Å². The predicted octanol–water partition coefficient (Wildman–Crippen LogP) is 4.96. The standard InChI is InChI=1S/C16H11F3INO/c17-16(18,19)12-5-3-4-11(10-12)8-9-15(22)21-14-7-2-1-6-13(14)20/h1-10H,(H,21,22)/b9-8+. The van der Waals surface area contributed by atoms with Gasteiger partial charge in [-0.05, 0) is 58.5 Å². The summed E-state index contributed by atoms with van der Waals surface area (Å²) in [6, 6.07) is 12.0. The number of hydrogen-bond acceptors (Lipinski definition) is 1. The van der Waals surface area contributed by atoms with Crippen LogP contribution in [0, 0.1) is 3.57 Å². The van der Waals surface area contributed by atoms with E-state index in [0.29, 0.717) is 11.3 Å². The molecule has 0 heterocycles. The highest BCUT2D eigenvalue weighted by Crippen LogP contribution is 2.29. The number of amides is 1. The normalized spacial score (nSPS) is 11.6. The molecule has 6 heteroatoms. The number of anilines is 1. The van der Waals surface area contributed by atoms with Crippen LogP contribution >= 0.6 is 22.6 Å². The lowest BCUT2D eigenvalue weighted by Gasteiger charge is -2.07. The summed E-state index contributed by atoms with van der Waals surface area (Å²) in [5.74, 6) is -0.401. The number of alkyl halides is 3. The number of nitrogens with one attached hydrogen (secondary N) is 1. The summed E-state index contributed by atoms with van der Waals surface area (Å²) in [6.07, 6.45) is -1.84. The van der Waals surface area contributed by atoms with Gasteiger partial charge in [0.1, 0.15) is 0 Å². The fraction of sp³-hybridized carbons (Fsp3) is 0.0625. The number of carbonyl (C=O) groups is 1. The summed E-state index contributed by atoms with van der Waals surface area (Å²) in [5, 5.41) is 2.67. The molecule has 0 aliphatic rings. The quantitative estimate of drug-likeness (QED) is 0.555. The summed E-state index contributed by atoms with van der Waals surface area (Å²) >= 11 is 2.08. The first-order valence-electron chi connectivity index (χ1n) is 6.27. The summed E-state index contributed by atoms with van der Waals surface area (Å²) < 4.78 is 38.7. The number of benzene rings is 2. The Kier molecular flexibility index (Phi) is 5.23. The maximum atomic E-state index is 12.6. The molecule has 0 aromatic heterocycles. The zero-order chi connectivity index (χ0) is 16.2. The van der Waals surface area contributed by atoms with E-state index in [-0.39, 0.29) is 0 Å². The van der Waals surface area contributed by atoms with Crippen molar-refractivity contribution in [3.05, 3.63) is 69.3 Å². The molecule has 0 spiro atoms. The van der Waals surface area contributed by atoms with Gasteiger partial charge in [0, 0.05) is 9.65 Å². The second kappa shape index (κ2) is 6.95. The van der Waals surface area contributed by atoms with Crippen LogP contribution in [0.3, 0.4) is 0 Å². The van der Waals surface area contributed by atoms with Gasteiger partial charge in [-0.1, -0.05) is 24.3 Å². The molecule has 0 saturated carbocycles. The van der Waals surface area contributed by atoms with E-state index in [0.717, 1.165) is 15.7 Å². The summed E-state index contributed by atoms with van der Waals surface area (Å²) in [4.78, 5) is 11.8. The van der Waals surface area contributed by atoms with Gasteiger partial charge >= 0.3 is 6.18 Å². The van der Waals surface area contributed by atoms with Crippen molar-refractivity contribution in [3.63, 3.8) is 0 Å². The number of halogens is 4. The zero-order valence-corrected chi connectivity index (χ0v) is 13.4. The highest BCUT2D eigenvalue weighted by atomic mass is 127. The molecule has 1 N–H and O–H groups in total. The van der Waals surface area contributed by atoms with E-state index in [1.54, 1.807) is 12.1 Å². The highest BCUT2D eigenvalue weighted by Gasteiger charge is 2.30. The first-order valence-corrected chi connectivity index (χ1v) is 7.35. The van der Waals surface area contributed by atoms with Gasteiger partial charge in [0.2, 0.25) is 5.91 Å². The number of hydrogen-bond donors (Lipinski definition) is 1. The third-order valence-corrected chi connectivity index (χ3v) is 3.71. The lowest BCUT2D eigenvalue weighted by atomic mass is 10.1. The molecule has 0 bridgehead atoms. The fourth-order valence-corrected chi connectivity index (χ4v) is 2.25. The Morgan fingerprint density at radius 1 is 1.09 bits per heavy atom. The molecular weight excluding hydrogens is 406 g/mol. The van der Waals surface area contributed by atoms with Gasteiger partial charge in [-0.2, -0.15) is 13.2 Å². The van der Waals surface area contributed by atoms with Crippen LogP contribution in [-0.4, -0.2) is 5.91 Å². The van der Waals surface area contributed by atoms with E-state index in [1.807, 2.05) is 12.1 Å². The maximum absolute atomic E-state index is 12.6. The molecule has 22 heavy (non-hydrogen) atoms. The Bertz CT molecular complexity index is 711. The van der Waals surface area contributed by atoms with Gasteiger partial charge in [-0.3, -0.25) is 4.79 Å². The molecule has 1 amide bonds. The maximum Gasteiger partial charge on any atom is 0.416 e. The van der Waals surface area contributed by atoms with E-state index in [1.165, 1.54) is 24.3 Å². The van der Waals surface area contributed by atoms with Gasteiger partial charge in [0.15, 0.2) is 0 Å². The minimum atomic E-state index is -4.40. The molecule has 0 atom stereocenters. The Hall–Kier alpha value is -1.83. The summed E-state index contributed by atoms with van der Waals surface area (Å²) in [7, 11) is 0. The first kappa shape index (κ1) is 16.5. The molecule has 0 aliphatic carbocycles. The van der Waals surface area contributed by atoms with Crippen LogP contribution in [0.15, 0.2) is 54.6 Å². The van der Waals surface area contributed by atoms with Crippen molar-refractivity contribution in [2.45, 2.75) is 6.18 Å². The van der Waals surface area contributed by atoms with Gasteiger partial charge < -0.3 is 5.32 Å². The average Bonchev–Trinajstić information content (AvgIpc) is 2.47. The van der Waals surface area contributed by atoms with Crippen molar-refractivity contribution in [2.75, 3.05) is 5.32 Å². The zero-order valence-electron chi connectivity index (χ0n) is 11.2. The van der Waals surface area contributed by atoms with Crippen LogP contribution in [0.2, 0.25) is 0 Å². The lowest BCUT2D eigenvalue weighted by Crippen LogP contribution is -2.08. The van der Waals surface area contributed by atoms with Gasteiger partial charge in [-0.15, -0.1) is 0 Å². The molecule has 2 aromatic rings. The van der Waals surface area contributed by atoms with Crippen molar-refractivity contribution < 1.29 is 18.0 Å². The largest absolute Gasteiger partial charge is 0.416 e. The van der Waals surface area contributed by atoms with E-state index in [9.17, 15) is 18.0 Å². The minimum Gasteiger partial charge on any atom is -0.322 e. The van der Waals surface area contributed by atoms with Gasteiger partial charge in [0.05, 0.1) is 11.3 Å². The average molecular weight is 417 g/mol. The predicted molar refractivity (Wildman–Crippen MR) is 88.3 cm³/mol. The monoisotopic (exact) mass is 417 g/mol. The molecule has 2 rings (SSSR count). The second-order valence-corrected chi connectivity index (χ2v) is 5.59. The Balaban J connectivity index is 2.09. The molecule has 0 fully saturated rings. The van der Waals surface area contributed by atoms with Crippen LogP contribution in [0.25, 0.3) is 6.08 Å². The highest BCUT2D eigenvalue weighted by molar-refractivity contribution is 14.1. The SMILES string of the molecule is O=C(/C=C/c1cccc(C(F)(F)F)c1)Nc1ccccc1I. The number of para-hydroxylation sites is 1. The molecule has 0 aliphatic heterocycles.